The number of carbonyl (C=O) groups excluding carboxylic acids is 2. The van der Waals surface area contributed by atoms with Gasteiger partial charge in [-0.25, -0.2) is 0 Å². The zero-order valence-electron chi connectivity index (χ0n) is 28.1. The van der Waals surface area contributed by atoms with Crippen molar-refractivity contribution in [2.24, 2.45) is 0 Å². The van der Waals surface area contributed by atoms with Gasteiger partial charge in [0.1, 0.15) is 0 Å². The van der Waals surface area contributed by atoms with E-state index in [1.807, 2.05) is 6.92 Å². The first-order chi connectivity index (χ1) is 19.8. The van der Waals surface area contributed by atoms with Crippen LogP contribution < -0.4 is 10.2 Å². The average molecular weight is 694 g/mol. The third kappa shape index (κ3) is 43.4. The van der Waals surface area contributed by atoms with Crippen molar-refractivity contribution in [2.75, 3.05) is 0 Å². The number of aromatic carboxylic acids is 1. The summed E-state index contributed by atoms with van der Waals surface area (Å²) in [5, 5.41) is 20.5. The molecule has 0 saturated heterocycles. The van der Waals surface area contributed by atoms with Crippen molar-refractivity contribution < 1.29 is 19.8 Å². The monoisotopic (exact) mass is 694 g/mol. The SMILES string of the molecule is CCCCCCCCCCCCCCCCCCCC(=O)[O-].CCc1ccc(C(=O)[O-])cc1.[CH2]CCC.[CH2]CCC.[Sn+2]. The number of carboxylic acids is 2. The quantitative estimate of drug-likeness (QED) is 0.0896. The minimum atomic E-state index is -1.12. The molecule has 1 aromatic carbocycles. The van der Waals surface area contributed by atoms with Gasteiger partial charge in [0.15, 0.2) is 0 Å². The first kappa shape index (κ1) is 47.9. The molecule has 1 rings (SSSR count). The van der Waals surface area contributed by atoms with E-state index in [0.29, 0.717) is 0 Å². The zero-order chi connectivity index (χ0) is 31.4. The molecule has 4 nitrogen and oxygen atoms in total. The number of carbonyl (C=O) groups is 2. The molecule has 0 amide bonds. The van der Waals surface area contributed by atoms with E-state index in [9.17, 15) is 19.8 Å². The molecule has 5 heteroatoms. The Morgan fingerprint density at radius 1 is 0.548 bits per heavy atom. The van der Waals surface area contributed by atoms with Crippen molar-refractivity contribution in [3.63, 3.8) is 0 Å². The largest absolute Gasteiger partial charge is 2.00 e. The Morgan fingerprint density at radius 3 is 1.10 bits per heavy atom. The Hall–Kier alpha value is -1.04. The van der Waals surface area contributed by atoms with Gasteiger partial charge in [0.05, 0.1) is 5.97 Å². The van der Waals surface area contributed by atoms with Crippen molar-refractivity contribution >= 4 is 35.8 Å². The molecule has 0 N–H and O–H groups in total. The van der Waals surface area contributed by atoms with Crippen LogP contribution in [-0.2, 0) is 11.2 Å². The molecule has 0 aromatic heterocycles. The number of hydrogen-bond acceptors (Lipinski definition) is 4. The van der Waals surface area contributed by atoms with Gasteiger partial charge < -0.3 is 19.8 Å². The average Bonchev–Trinajstić information content (AvgIpc) is 2.99. The van der Waals surface area contributed by atoms with Crippen LogP contribution in [-0.4, -0.2) is 35.8 Å². The molecule has 0 aliphatic rings. The molecule has 0 atom stereocenters. The molecule has 0 fully saturated rings. The smallest absolute Gasteiger partial charge is 0.550 e. The molecule has 0 bridgehead atoms. The molecule has 4 radical (unpaired) electrons. The molecule has 242 valence electrons. The number of hydrogen-bond donors (Lipinski definition) is 0. The second-order valence-corrected chi connectivity index (χ2v) is 10.8. The maximum Gasteiger partial charge on any atom is 2.00 e. The van der Waals surface area contributed by atoms with Gasteiger partial charge in [-0.15, -0.1) is 0 Å². The fraction of sp³-hybridized carbons (Fsp3) is 0.730. The van der Waals surface area contributed by atoms with E-state index in [0.717, 1.165) is 37.7 Å². The maximum atomic E-state index is 10.3. The zero-order valence-corrected chi connectivity index (χ0v) is 31.0. The van der Waals surface area contributed by atoms with Crippen LogP contribution in [0.5, 0.6) is 0 Å². The molecule has 0 saturated carbocycles. The van der Waals surface area contributed by atoms with Crippen LogP contribution in [0.2, 0.25) is 0 Å². The second kappa shape index (κ2) is 42.1. The summed E-state index contributed by atoms with van der Waals surface area (Å²) >= 11 is 0. The Kier molecular flexibility index (Phi) is 48.0. The van der Waals surface area contributed by atoms with Crippen LogP contribution in [0.15, 0.2) is 24.3 Å². The fourth-order valence-electron chi connectivity index (χ4n) is 3.87. The standard InChI is InChI=1S/C20H40O2.C9H10O2.2C4H9.Sn/c1-2-3-4-5-6-7-8-9-10-11-12-13-14-15-16-17-18-19-20(21)22;1-2-7-3-5-8(6-4-7)9(10)11;2*1-3-4-2;/h2-19H2,1H3,(H,21,22);3-6H,2H2,1H3,(H,10,11);2*1,3-4H2,2H3;/q;;;;+2/p-2. The minimum Gasteiger partial charge on any atom is -0.550 e. The van der Waals surface area contributed by atoms with E-state index in [2.05, 4.69) is 34.6 Å². The Labute approximate surface area is 279 Å². The Bertz CT molecular complexity index is 638. The van der Waals surface area contributed by atoms with Gasteiger partial charge in [0.25, 0.3) is 0 Å². The second-order valence-electron chi connectivity index (χ2n) is 10.8. The summed E-state index contributed by atoms with van der Waals surface area (Å²) in [5.74, 6) is -2.02. The first-order valence-electron chi connectivity index (χ1n) is 16.9. The molecule has 1 aromatic rings. The summed E-state index contributed by atoms with van der Waals surface area (Å²) in [5.41, 5.74) is 1.37. The number of unbranched alkanes of at least 4 members (excludes halogenated alkanes) is 18. The third-order valence-electron chi connectivity index (χ3n) is 6.79. The van der Waals surface area contributed by atoms with E-state index in [1.54, 1.807) is 24.3 Å². The van der Waals surface area contributed by atoms with Crippen molar-refractivity contribution in [1.29, 1.82) is 0 Å². The van der Waals surface area contributed by atoms with Gasteiger partial charge in [-0.2, -0.15) is 0 Å². The third-order valence-corrected chi connectivity index (χ3v) is 6.79. The predicted octanol–water partition coefficient (Wildman–Crippen LogP) is 9.25. The normalized spacial score (nSPS) is 9.67. The summed E-state index contributed by atoms with van der Waals surface area (Å²) in [6.07, 6.45) is 28.3. The van der Waals surface area contributed by atoms with E-state index in [4.69, 9.17) is 0 Å². The molecular formula is C37H66O4Sn. The summed E-state index contributed by atoms with van der Waals surface area (Å²) in [7, 11) is 0. The van der Waals surface area contributed by atoms with Crippen LogP contribution in [0.3, 0.4) is 0 Å². The minimum absolute atomic E-state index is 0. The number of aryl methyl sites for hydroxylation is 1. The van der Waals surface area contributed by atoms with Gasteiger partial charge in [0, 0.05) is 5.97 Å². The fourth-order valence-corrected chi connectivity index (χ4v) is 3.87. The number of carboxylic acid groups (broad SMARTS) is 2. The van der Waals surface area contributed by atoms with E-state index < -0.39 is 11.9 Å². The van der Waals surface area contributed by atoms with Gasteiger partial charge in [0.2, 0.25) is 0 Å². The molecule has 42 heavy (non-hydrogen) atoms. The van der Waals surface area contributed by atoms with Gasteiger partial charge in [-0.3, -0.25) is 0 Å². The summed E-state index contributed by atoms with van der Waals surface area (Å²) in [6.45, 7) is 15.7. The topological polar surface area (TPSA) is 80.3 Å². The number of aliphatic carboxylic acids is 1. The molecule has 0 unspecified atom stereocenters. The van der Waals surface area contributed by atoms with E-state index >= 15 is 0 Å². The Morgan fingerprint density at radius 2 is 0.857 bits per heavy atom. The van der Waals surface area contributed by atoms with Crippen molar-refractivity contribution in [1.82, 2.24) is 0 Å². The van der Waals surface area contributed by atoms with Gasteiger partial charge >= 0.3 is 23.9 Å². The summed E-state index contributed by atoms with van der Waals surface area (Å²) in [4.78, 5) is 20.5. The van der Waals surface area contributed by atoms with Gasteiger partial charge in [-0.05, 0) is 30.4 Å². The molecule has 0 spiro atoms. The van der Waals surface area contributed by atoms with Crippen molar-refractivity contribution in [3.8, 4) is 0 Å². The summed E-state index contributed by atoms with van der Waals surface area (Å²) < 4.78 is 0. The van der Waals surface area contributed by atoms with Crippen LogP contribution in [0.4, 0.5) is 0 Å². The molecule has 0 heterocycles. The van der Waals surface area contributed by atoms with Gasteiger partial charge in [-0.1, -0.05) is 194 Å². The van der Waals surface area contributed by atoms with Crippen LogP contribution in [0.25, 0.3) is 0 Å². The number of benzene rings is 1. The van der Waals surface area contributed by atoms with Crippen molar-refractivity contribution in [3.05, 3.63) is 49.2 Å². The maximum absolute atomic E-state index is 10.3. The first-order valence-corrected chi connectivity index (χ1v) is 16.9. The molecular weight excluding hydrogens is 627 g/mol. The van der Waals surface area contributed by atoms with Crippen LogP contribution in [0.1, 0.15) is 185 Å². The number of rotatable bonds is 22. The molecule has 0 aliphatic heterocycles. The Balaban J connectivity index is -0.000000297. The van der Waals surface area contributed by atoms with E-state index in [-0.39, 0.29) is 35.9 Å². The van der Waals surface area contributed by atoms with E-state index in [1.165, 1.54) is 109 Å². The van der Waals surface area contributed by atoms with Crippen LogP contribution >= 0.6 is 0 Å². The van der Waals surface area contributed by atoms with Crippen molar-refractivity contribution in [2.45, 2.75) is 175 Å². The predicted molar refractivity (Wildman–Crippen MR) is 180 cm³/mol. The summed E-state index contributed by atoms with van der Waals surface area (Å²) in [6, 6.07) is 6.72. The molecule has 0 aliphatic carbocycles. The van der Waals surface area contributed by atoms with Crippen LogP contribution in [0, 0.1) is 13.8 Å².